The number of amides is 2. The Bertz CT molecular complexity index is 818. The number of carbonyl (C=O) groups is 2. The molecular formula is C21H31N5O2. The Morgan fingerprint density at radius 1 is 1.36 bits per heavy atom. The molecule has 1 fully saturated rings. The molecular weight excluding hydrogens is 354 g/mol. The van der Waals surface area contributed by atoms with Crippen LogP contribution in [-0.4, -0.2) is 70.9 Å². The second-order valence-corrected chi connectivity index (χ2v) is 7.92. The Hall–Kier alpha value is -2.41. The molecule has 0 saturated carbocycles. The molecule has 0 aliphatic carbocycles. The zero-order valence-electron chi connectivity index (χ0n) is 17.1. The van der Waals surface area contributed by atoms with Crippen molar-refractivity contribution >= 4 is 22.7 Å². The van der Waals surface area contributed by atoms with Crippen molar-refractivity contribution in [2.75, 3.05) is 33.2 Å². The fourth-order valence-corrected chi connectivity index (χ4v) is 3.91. The number of H-pyrrole nitrogens is 1. The van der Waals surface area contributed by atoms with E-state index >= 15 is 0 Å². The van der Waals surface area contributed by atoms with Crippen molar-refractivity contribution in [3.63, 3.8) is 0 Å². The van der Waals surface area contributed by atoms with Crippen molar-refractivity contribution in [2.45, 2.75) is 39.2 Å². The van der Waals surface area contributed by atoms with Crippen LogP contribution in [0.2, 0.25) is 0 Å². The van der Waals surface area contributed by atoms with Crippen molar-refractivity contribution < 1.29 is 9.59 Å². The van der Waals surface area contributed by atoms with E-state index in [1.165, 1.54) is 0 Å². The first kappa shape index (κ1) is 20.3. The highest BCUT2D eigenvalue weighted by Gasteiger charge is 2.33. The molecule has 3 rings (SSSR count). The molecule has 1 saturated heterocycles. The number of hydrogen-bond donors (Lipinski definition) is 2. The monoisotopic (exact) mass is 385 g/mol. The average molecular weight is 386 g/mol. The fourth-order valence-electron chi connectivity index (χ4n) is 3.91. The number of nitrogens with one attached hydrogen (secondary N) is 2. The third-order valence-electron chi connectivity index (χ3n) is 5.54. The number of rotatable bonds is 8. The van der Waals surface area contributed by atoms with Crippen molar-refractivity contribution in [1.82, 2.24) is 25.1 Å². The molecule has 2 atom stereocenters. The van der Waals surface area contributed by atoms with Gasteiger partial charge in [0, 0.05) is 43.8 Å². The van der Waals surface area contributed by atoms with E-state index in [0.717, 1.165) is 36.0 Å². The van der Waals surface area contributed by atoms with Crippen LogP contribution < -0.4 is 5.32 Å². The highest BCUT2D eigenvalue weighted by Crippen LogP contribution is 2.19. The molecule has 2 aromatic rings. The van der Waals surface area contributed by atoms with Gasteiger partial charge in [-0.2, -0.15) is 0 Å². The van der Waals surface area contributed by atoms with Crippen LogP contribution in [0.3, 0.4) is 0 Å². The first-order chi connectivity index (χ1) is 13.5. The van der Waals surface area contributed by atoms with Gasteiger partial charge in [0.15, 0.2) is 0 Å². The third kappa shape index (κ3) is 4.90. The number of pyridine rings is 1. The van der Waals surface area contributed by atoms with Crippen LogP contribution in [0.25, 0.3) is 10.9 Å². The highest BCUT2D eigenvalue weighted by molar-refractivity contribution is 5.88. The maximum atomic E-state index is 12.6. The largest absolute Gasteiger partial charge is 0.360 e. The molecule has 0 bridgehead atoms. The molecule has 152 valence electrons. The van der Waals surface area contributed by atoms with Gasteiger partial charge in [0.2, 0.25) is 11.8 Å². The van der Waals surface area contributed by atoms with E-state index in [1.807, 2.05) is 24.2 Å². The lowest BCUT2D eigenvalue weighted by Gasteiger charge is -2.20. The lowest BCUT2D eigenvalue weighted by atomic mass is 10.1. The first-order valence-corrected chi connectivity index (χ1v) is 10.1. The number of fused-ring (bicyclic) bond motifs is 1. The van der Waals surface area contributed by atoms with E-state index in [-0.39, 0.29) is 23.8 Å². The second kappa shape index (κ2) is 9.19. The predicted molar refractivity (Wildman–Crippen MR) is 110 cm³/mol. The maximum Gasteiger partial charge on any atom is 0.224 e. The zero-order chi connectivity index (χ0) is 20.1. The second-order valence-electron chi connectivity index (χ2n) is 7.92. The van der Waals surface area contributed by atoms with Crippen molar-refractivity contribution in [3.05, 3.63) is 30.2 Å². The van der Waals surface area contributed by atoms with E-state index in [0.29, 0.717) is 25.9 Å². The van der Waals surface area contributed by atoms with E-state index in [4.69, 9.17) is 0 Å². The van der Waals surface area contributed by atoms with Gasteiger partial charge in [0.25, 0.3) is 0 Å². The smallest absolute Gasteiger partial charge is 0.224 e. The normalized spacial score (nSPS) is 19.5. The topological polar surface area (TPSA) is 81.3 Å². The Kier molecular flexibility index (Phi) is 6.67. The molecule has 7 nitrogen and oxygen atoms in total. The minimum atomic E-state index is -0.00783. The summed E-state index contributed by atoms with van der Waals surface area (Å²) in [5.74, 6) is 0.427. The van der Waals surface area contributed by atoms with Crippen LogP contribution in [0.1, 0.15) is 32.3 Å². The molecule has 2 amide bonds. The lowest BCUT2D eigenvalue weighted by molar-refractivity contribution is -0.131. The van der Waals surface area contributed by atoms with E-state index in [1.54, 1.807) is 12.4 Å². The lowest BCUT2D eigenvalue weighted by Crippen LogP contribution is -2.41. The maximum absolute atomic E-state index is 12.6. The van der Waals surface area contributed by atoms with Crippen molar-refractivity contribution in [2.24, 2.45) is 5.92 Å². The highest BCUT2D eigenvalue weighted by atomic mass is 16.2. The Morgan fingerprint density at radius 2 is 2.18 bits per heavy atom. The molecule has 2 N–H and O–H groups in total. The minimum Gasteiger partial charge on any atom is -0.360 e. The molecule has 28 heavy (non-hydrogen) atoms. The molecule has 0 radical (unpaired) electrons. The minimum absolute atomic E-state index is 0.00783. The van der Waals surface area contributed by atoms with Crippen LogP contribution in [0.4, 0.5) is 0 Å². The fraction of sp³-hybridized carbons (Fsp3) is 0.571. The SMILES string of the molecule is CCCN(C)CCC(=O)N1CC(C)C(NC(=O)Cc2c[nH]c3cnccc23)C1. The van der Waals surface area contributed by atoms with Crippen LogP contribution in [0, 0.1) is 5.92 Å². The summed E-state index contributed by atoms with van der Waals surface area (Å²) < 4.78 is 0. The number of aromatic nitrogens is 2. The number of nitrogens with zero attached hydrogens (tertiary/aromatic N) is 3. The quantitative estimate of drug-likeness (QED) is 0.726. The van der Waals surface area contributed by atoms with Gasteiger partial charge in [0.1, 0.15) is 0 Å². The average Bonchev–Trinajstić information content (AvgIpc) is 3.24. The van der Waals surface area contributed by atoms with Gasteiger partial charge in [0.05, 0.1) is 24.2 Å². The molecule has 1 aliphatic heterocycles. The summed E-state index contributed by atoms with van der Waals surface area (Å²) in [5.41, 5.74) is 1.90. The molecule has 1 aliphatic rings. The van der Waals surface area contributed by atoms with Gasteiger partial charge >= 0.3 is 0 Å². The van der Waals surface area contributed by atoms with Crippen LogP contribution >= 0.6 is 0 Å². The molecule has 7 heteroatoms. The molecule has 2 unspecified atom stereocenters. The zero-order valence-corrected chi connectivity index (χ0v) is 17.1. The van der Waals surface area contributed by atoms with E-state index in [9.17, 15) is 9.59 Å². The van der Waals surface area contributed by atoms with E-state index < -0.39 is 0 Å². The molecule has 0 spiro atoms. The summed E-state index contributed by atoms with van der Waals surface area (Å²) in [4.78, 5) is 36.4. The number of carbonyl (C=O) groups excluding carboxylic acids is 2. The summed E-state index contributed by atoms with van der Waals surface area (Å²) in [7, 11) is 2.05. The molecule has 2 aromatic heterocycles. The van der Waals surface area contributed by atoms with Crippen LogP contribution in [-0.2, 0) is 16.0 Å². The Morgan fingerprint density at radius 3 is 2.96 bits per heavy atom. The van der Waals surface area contributed by atoms with E-state index in [2.05, 4.69) is 34.0 Å². The van der Waals surface area contributed by atoms with Gasteiger partial charge < -0.3 is 20.1 Å². The molecule has 0 aromatic carbocycles. The summed E-state index contributed by atoms with van der Waals surface area (Å²) >= 11 is 0. The summed E-state index contributed by atoms with van der Waals surface area (Å²) in [6.45, 7) is 7.33. The Labute approximate surface area is 166 Å². The Balaban J connectivity index is 1.50. The standard InChI is InChI=1S/C21H31N5O2/c1-4-8-25(3)9-6-21(28)26-13-15(2)19(14-26)24-20(27)10-16-11-23-18-12-22-7-5-17(16)18/h5,7,11-12,15,19,23H,4,6,8-10,13-14H2,1-3H3,(H,24,27). The van der Waals surface area contributed by atoms with Crippen molar-refractivity contribution in [3.8, 4) is 0 Å². The van der Waals surface area contributed by atoms with Gasteiger partial charge in [-0.3, -0.25) is 14.6 Å². The van der Waals surface area contributed by atoms with Gasteiger partial charge in [-0.05, 0) is 37.6 Å². The summed E-state index contributed by atoms with van der Waals surface area (Å²) in [6, 6.07) is 1.93. The summed E-state index contributed by atoms with van der Waals surface area (Å²) in [5, 5.41) is 4.15. The van der Waals surface area contributed by atoms with Gasteiger partial charge in [-0.25, -0.2) is 0 Å². The molecule has 3 heterocycles. The summed E-state index contributed by atoms with van der Waals surface area (Å²) in [6.07, 6.45) is 7.31. The predicted octanol–water partition coefficient (Wildman–Crippen LogP) is 1.80. The van der Waals surface area contributed by atoms with Gasteiger partial charge in [-0.1, -0.05) is 13.8 Å². The number of hydrogen-bond acceptors (Lipinski definition) is 4. The van der Waals surface area contributed by atoms with Crippen LogP contribution in [0.5, 0.6) is 0 Å². The van der Waals surface area contributed by atoms with Crippen LogP contribution in [0.15, 0.2) is 24.7 Å². The first-order valence-electron chi connectivity index (χ1n) is 10.1. The van der Waals surface area contributed by atoms with Crippen molar-refractivity contribution in [1.29, 1.82) is 0 Å². The number of aromatic amines is 1. The van der Waals surface area contributed by atoms with Gasteiger partial charge in [-0.15, -0.1) is 0 Å². The third-order valence-corrected chi connectivity index (χ3v) is 5.54. The number of likely N-dealkylation sites (tertiary alicyclic amines) is 1.